The van der Waals surface area contributed by atoms with Gasteiger partial charge in [0.1, 0.15) is 0 Å². The van der Waals surface area contributed by atoms with Gasteiger partial charge in [-0.15, -0.1) is 0 Å². The molecule has 0 saturated carbocycles. The van der Waals surface area contributed by atoms with E-state index in [1.165, 1.54) is 12.1 Å². The van der Waals surface area contributed by atoms with E-state index in [0.717, 1.165) is 5.56 Å². The van der Waals surface area contributed by atoms with Crippen molar-refractivity contribution < 1.29 is 14.7 Å². The van der Waals surface area contributed by atoms with Crippen molar-refractivity contribution >= 4 is 11.9 Å². The molecule has 0 spiro atoms. The number of nitrogens with one attached hydrogen (secondary N) is 1. The van der Waals surface area contributed by atoms with Crippen molar-refractivity contribution in [3.05, 3.63) is 35.4 Å². The second-order valence-electron chi connectivity index (χ2n) is 4.96. The van der Waals surface area contributed by atoms with Gasteiger partial charge in [-0.25, -0.2) is 4.79 Å². The molecule has 104 valence electrons. The van der Waals surface area contributed by atoms with E-state index in [0.29, 0.717) is 18.9 Å². The summed E-state index contributed by atoms with van der Waals surface area (Å²) in [5.74, 6) is -0.777. The lowest BCUT2D eigenvalue weighted by Gasteiger charge is -2.14. The van der Waals surface area contributed by atoms with E-state index in [1.807, 2.05) is 13.8 Å². The fourth-order valence-electron chi connectivity index (χ4n) is 1.70. The molecule has 1 aromatic carbocycles. The van der Waals surface area contributed by atoms with E-state index < -0.39 is 12.0 Å². The van der Waals surface area contributed by atoms with Crippen LogP contribution in [0.5, 0.6) is 0 Å². The van der Waals surface area contributed by atoms with Crippen LogP contribution in [0.2, 0.25) is 0 Å². The van der Waals surface area contributed by atoms with Gasteiger partial charge in [-0.05, 0) is 30.0 Å². The number of rotatable bonds is 6. The number of hydrogen-bond acceptors (Lipinski definition) is 3. The van der Waals surface area contributed by atoms with Crippen LogP contribution in [-0.2, 0) is 11.3 Å². The smallest absolute Gasteiger partial charge is 0.335 e. The van der Waals surface area contributed by atoms with Crippen LogP contribution < -0.4 is 11.1 Å². The topological polar surface area (TPSA) is 92.4 Å². The van der Waals surface area contributed by atoms with Crippen LogP contribution in [0.15, 0.2) is 24.3 Å². The fourth-order valence-corrected chi connectivity index (χ4v) is 1.70. The normalized spacial score (nSPS) is 12.2. The minimum Gasteiger partial charge on any atom is -0.478 e. The number of hydrogen-bond donors (Lipinski definition) is 3. The second kappa shape index (κ2) is 6.89. The quantitative estimate of drug-likeness (QED) is 0.723. The lowest BCUT2D eigenvalue weighted by Crippen LogP contribution is -2.41. The number of benzene rings is 1. The third-order valence-electron chi connectivity index (χ3n) is 2.73. The van der Waals surface area contributed by atoms with Crippen molar-refractivity contribution in [3.63, 3.8) is 0 Å². The van der Waals surface area contributed by atoms with Gasteiger partial charge in [0.15, 0.2) is 0 Å². The van der Waals surface area contributed by atoms with Crippen molar-refractivity contribution in [2.45, 2.75) is 32.9 Å². The molecule has 0 aromatic heterocycles. The van der Waals surface area contributed by atoms with E-state index in [2.05, 4.69) is 5.32 Å². The molecule has 0 fully saturated rings. The number of carboxylic acids is 1. The molecule has 4 N–H and O–H groups in total. The molecule has 0 radical (unpaired) electrons. The van der Waals surface area contributed by atoms with Crippen LogP contribution in [0, 0.1) is 5.92 Å². The Morgan fingerprint density at radius 2 is 1.84 bits per heavy atom. The summed E-state index contributed by atoms with van der Waals surface area (Å²) in [5, 5.41) is 11.5. The summed E-state index contributed by atoms with van der Waals surface area (Å²) in [7, 11) is 0. The van der Waals surface area contributed by atoms with Gasteiger partial charge in [0.05, 0.1) is 11.6 Å². The average Bonchev–Trinajstić information content (AvgIpc) is 2.35. The molecule has 0 aliphatic carbocycles. The van der Waals surface area contributed by atoms with E-state index in [-0.39, 0.29) is 11.5 Å². The average molecular weight is 264 g/mol. The summed E-state index contributed by atoms with van der Waals surface area (Å²) in [5.41, 5.74) is 6.83. The Morgan fingerprint density at radius 1 is 1.26 bits per heavy atom. The highest BCUT2D eigenvalue weighted by Crippen LogP contribution is 2.05. The minimum atomic E-state index is -0.963. The highest BCUT2D eigenvalue weighted by atomic mass is 16.4. The largest absolute Gasteiger partial charge is 0.478 e. The first kappa shape index (κ1) is 15.2. The van der Waals surface area contributed by atoms with Crippen LogP contribution in [0.25, 0.3) is 0 Å². The first-order valence-electron chi connectivity index (χ1n) is 6.25. The van der Waals surface area contributed by atoms with Crippen LogP contribution >= 0.6 is 0 Å². The predicted molar refractivity (Wildman–Crippen MR) is 72.7 cm³/mol. The molecule has 1 amide bonds. The zero-order chi connectivity index (χ0) is 14.4. The maximum absolute atomic E-state index is 11.7. The summed E-state index contributed by atoms with van der Waals surface area (Å²) < 4.78 is 0. The summed E-state index contributed by atoms with van der Waals surface area (Å²) in [6.45, 7) is 4.38. The summed E-state index contributed by atoms with van der Waals surface area (Å²) in [6, 6.07) is 5.88. The molecule has 1 atom stereocenters. The van der Waals surface area contributed by atoms with E-state index >= 15 is 0 Å². The van der Waals surface area contributed by atoms with Crippen molar-refractivity contribution in [1.29, 1.82) is 0 Å². The molecule has 1 aromatic rings. The van der Waals surface area contributed by atoms with Gasteiger partial charge in [0.2, 0.25) is 5.91 Å². The first-order chi connectivity index (χ1) is 8.90. The number of aromatic carboxylic acids is 1. The van der Waals surface area contributed by atoms with Crippen molar-refractivity contribution in [3.8, 4) is 0 Å². The van der Waals surface area contributed by atoms with Gasteiger partial charge in [-0.3, -0.25) is 4.79 Å². The molecular formula is C14H20N2O3. The number of carbonyl (C=O) groups excluding carboxylic acids is 1. The lowest BCUT2D eigenvalue weighted by atomic mass is 10.0. The Kier molecular flexibility index (Phi) is 5.51. The van der Waals surface area contributed by atoms with Gasteiger partial charge in [0, 0.05) is 6.54 Å². The molecule has 0 aliphatic heterocycles. The molecule has 5 nitrogen and oxygen atoms in total. The minimum absolute atomic E-state index is 0.184. The van der Waals surface area contributed by atoms with Gasteiger partial charge < -0.3 is 16.2 Å². The Hall–Kier alpha value is -1.88. The van der Waals surface area contributed by atoms with Crippen LogP contribution in [0.3, 0.4) is 0 Å². The van der Waals surface area contributed by atoms with Crippen molar-refractivity contribution in [2.24, 2.45) is 11.7 Å². The summed E-state index contributed by atoms with van der Waals surface area (Å²) >= 11 is 0. The third kappa shape index (κ3) is 5.09. The molecular weight excluding hydrogens is 244 g/mol. The number of carboxylic acid groups (broad SMARTS) is 1. The molecule has 0 saturated heterocycles. The van der Waals surface area contributed by atoms with Crippen LogP contribution in [-0.4, -0.2) is 23.0 Å². The van der Waals surface area contributed by atoms with E-state index in [9.17, 15) is 9.59 Å². The second-order valence-corrected chi connectivity index (χ2v) is 4.96. The highest BCUT2D eigenvalue weighted by Gasteiger charge is 2.14. The summed E-state index contributed by atoms with van der Waals surface area (Å²) in [6.07, 6.45) is 0.643. The third-order valence-corrected chi connectivity index (χ3v) is 2.73. The Bertz CT molecular complexity index is 441. The van der Waals surface area contributed by atoms with Gasteiger partial charge in [-0.2, -0.15) is 0 Å². The molecule has 0 bridgehead atoms. The first-order valence-corrected chi connectivity index (χ1v) is 6.25. The van der Waals surface area contributed by atoms with Gasteiger partial charge in [-0.1, -0.05) is 26.0 Å². The maximum atomic E-state index is 11.7. The van der Waals surface area contributed by atoms with Crippen molar-refractivity contribution in [1.82, 2.24) is 5.32 Å². The molecule has 5 heteroatoms. The van der Waals surface area contributed by atoms with E-state index in [4.69, 9.17) is 10.8 Å². The lowest BCUT2D eigenvalue weighted by molar-refractivity contribution is -0.122. The molecule has 0 unspecified atom stereocenters. The molecule has 19 heavy (non-hydrogen) atoms. The van der Waals surface area contributed by atoms with Gasteiger partial charge in [0.25, 0.3) is 0 Å². The molecule has 0 aliphatic rings. The number of carbonyl (C=O) groups is 2. The highest BCUT2D eigenvalue weighted by molar-refractivity contribution is 5.87. The zero-order valence-electron chi connectivity index (χ0n) is 11.2. The Morgan fingerprint density at radius 3 is 2.32 bits per heavy atom. The monoisotopic (exact) mass is 264 g/mol. The van der Waals surface area contributed by atoms with Crippen molar-refractivity contribution in [2.75, 3.05) is 0 Å². The zero-order valence-corrected chi connectivity index (χ0v) is 11.2. The Labute approximate surface area is 112 Å². The van der Waals surface area contributed by atoms with E-state index in [1.54, 1.807) is 12.1 Å². The predicted octanol–water partition coefficient (Wildman–Crippen LogP) is 1.37. The van der Waals surface area contributed by atoms with Crippen LogP contribution in [0.4, 0.5) is 0 Å². The van der Waals surface area contributed by atoms with Gasteiger partial charge >= 0.3 is 5.97 Å². The fraction of sp³-hybridized carbons (Fsp3) is 0.429. The SMILES string of the molecule is CC(C)C[C@@H](N)C(=O)NCc1ccc(C(=O)O)cc1. The Balaban J connectivity index is 2.48. The summed E-state index contributed by atoms with van der Waals surface area (Å²) in [4.78, 5) is 22.4. The maximum Gasteiger partial charge on any atom is 0.335 e. The standard InChI is InChI=1S/C14H20N2O3/c1-9(2)7-12(15)13(17)16-8-10-3-5-11(6-4-10)14(18)19/h3-6,9,12H,7-8,15H2,1-2H3,(H,16,17)(H,18,19)/t12-/m1/s1. The van der Waals surface area contributed by atoms with Crippen LogP contribution in [0.1, 0.15) is 36.2 Å². The number of amides is 1. The molecule has 0 heterocycles. The number of nitrogens with two attached hydrogens (primary N) is 1. The molecule has 1 rings (SSSR count).